The normalized spacial score (nSPS) is 11.1. The van der Waals surface area contributed by atoms with Crippen LogP contribution in [-0.2, 0) is 13.0 Å². The van der Waals surface area contributed by atoms with Crippen LogP contribution in [0.3, 0.4) is 0 Å². The van der Waals surface area contributed by atoms with Crippen LogP contribution in [0.15, 0.2) is 6.07 Å². The van der Waals surface area contributed by atoms with E-state index in [0.717, 1.165) is 17.6 Å². The fourth-order valence-corrected chi connectivity index (χ4v) is 1.79. The van der Waals surface area contributed by atoms with Crippen LogP contribution in [0, 0.1) is 10.6 Å². The molecule has 1 aromatic rings. The number of aryl methyl sites for hydroxylation is 1. The Hall–Kier alpha value is -0.570. The monoisotopic (exact) mass is 212 g/mol. The van der Waals surface area contributed by atoms with E-state index < -0.39 is 0 Å². The molecule has 3 heteroatoms. The van der Waals surface area contributed by atoms with Gasteiger partial charge < -0.3 is 5.10 Å². The lowest BCUT2D eigenvalue weighted by Crippen LogP contribution is -2.01. The standard InChI is InChI=1S/C11H20N2S/c1-4-5-6-13-11(14)8-10(12-13)7-9(2)3/h8-9,12H,4-7H2,1-3H3. The van der Waals surface area contributed by atoms with Gasteiger partial charge >= 0.3 is 0 Å². The predicted octanol–water partition coefficient (Wildman–Crippen LogP) is 3.54. The molecule has 0 aromatic carbocycles. The Morgan fingerprint density at radius 2 is 2.21 bits per heavy atom. The summed E-state index contributed by atoms with van der Waals surface area (Å²) in [5, 5.41) is 3.36. The second kappa shape index (κ2) is 5.35. The number of aromatic nitrogens is 2. The first-order chi connectivity index (χ1) is 6.63. The van der Waals surface area contributed by atoms with Crippen LogP contribution in [0.1, 0.15) is 39.3 Å². The van der Waals surface area contributed by atoms with E-state index >= 15 is 0 Å². The average Bonchev–Trinajstić information content (AvgIpc) is 2.41. The third-order valence-electron chi connectivity index (χ3n) is 2.21. The second-order valence-electron chi connectivity index (χ2n) is 4.22. The minimum Gasteiger partial charge on any atom is -0.302 e. The highest BCUT2D eigenvalue weighted by Crippen LogP contribution is 2.07. The van der Waals surface area contributed by atoms with Crippen LogP contribution in [0.25, 0.3) is 0 Å². The van der Waals surface area contributed by atoms with Crippen molar-refractivity contribution in [3.63, 3.8) is 0 Å². The molecule has 1 N–H and O–H groups in total. The molecule has 80 valence electrons. The highest BCUT2D eigenvalue weighted by molar-refractivity contribution is 7.71. The Balaban J connectivity index is 2.67. The van der Waals surface area contributed by atoms with Gasteiger partial charge in [0, 0.05) is 12.2 Å². The summed E-state index contributed by atoms with van der Waals surface area (Å²) in [6.45, 7) is 7.66. The van der Waals surface area contributed by atoms with Gasteiger partial charge in [-0.1, -0.05) is 39.4 Å². The summed E-state index contributed by atoms with van der Waals surface area (Å²) in [6.07, 6.45) is 3.49. The quantitative estimate of drug-likeness (QED) is 0.740. The Bertz CT molecular complexity index is 322. The molecule has 0 radical (unpaired) electrons. The van der Waals surface area contributed by atoms with Gasteiger partial charge in [0.2, 0.25) is 0 Å². The van der Waals surface area contributed by atoms with Gasteiger partial charge in [0.25, 0.3) is 0 Å². The molecule has 1 aromatic heterocycles. The molecule has 1 rings (SSSR count). The molecule has 0 fully saturated rings. The van der Waals surface area contributed by atoms with Crippen molar-refractivity contribution in [1.29, 1.82) is 0 Å². The lowest BCUT2D eigenvalue weighted by molar-refractivity contribution is 0.549. The average molecular weight is 212 g/mol. The van der Waals surface area contributed by atoms with Crippen molar-refractivity contribution in [3.05, 3.63) is 16.4 Å². The number of nitrogens with one attached hydrogen (secondary N) is 1. The molecule has 1 heterocycles. The van der Waals surface area contributed by atoms with Crippen LogP contribution >= 0.6 is 12.2 Å². The zero-order chi connectivity index (χ0) is 10.6. The highest BCUT2D eigenvalue weighted by Gasteiger charge is 2.02. The van der Waals surface area contributed by atoms with Gasteiger partial charge in [-0.3, -0.25) is 4.68 Å². The van der Waals surface area contributed by atoms with Crippen molar-refractivity contribution >= 4 is 12.2 Å². The number of rotatable bonds is 5. The molecule has 0 spiro atoms. The molecule has 0 bridgehead atoms. The van der Waals surface area contributed by atoms with Gasteiger partial charge in [-0.05, 0) is 24.8 Å². The summed E-state index contributed by atoms with van der Waals surface area (Å²) >= 11 is 5.27. The lowest BCUT2D eigenvalue weighted by Gasteiger charge is -2.03. The van der Waals surface area contributed by atoms with Gasteiger partial charge in [0.1, 0.15) is 4.64 Å². The maximum Gasteiger partial charge on any atom is 0.122 e. The highest BCUT2D eigenvalue weighted by atomic mass is 32.1. The lowest BCUT2D eigenvalue weighted by atomic mass is 10.1. The molecule has 14 heavy (non-hydrogen) atoms. The van der Waals surface area contributed by atoms with E-state index in [1.807, 2.05) is 0 Å². The van der Waals surface area contributed by atoms with Crippen LogP contribution in [-0.4, -0.2) is 9.78 Å². The van der Waals surface area contributed by atoms with E-state index in [1.54, 1.807) is 0 Å². The summed E-state index contributed by atoms with van der Waals surface area (Å²) in [5.41, 5.74) is 1.26. The van der Waals surface area contributed by atoms with E-state index in [2.05, 4.69) is 36.6 Å². The van der Waals surface area contributed by atoms with E-state index in [0.29, 0.717) is 5.92 Å². The van der Waals surface area contributed by atoms with Crippen LogP contribution in [0.2, 0.25) is 0 Å². The maximum atomic E-state index is 5.27. The van der Waals surface area contributed by atoms with Gasteiger partial charge in [-0.15, -0.1) is 0 Å². The first-order valence-electron chi connectivity index (χ1n) is 5.42. The van der Waals surface area contributed by atoms with Gasteiger partial charge in [0.15, 0.2) is 0 Å². The van der Waals surface area contributed by atoms with E-state index in [1.165, 1.54) is 18.5 Å². The van der Waals surface area contributed by atoms with E-state index in [9.17, 15) is 0 Å². The topological polar surface area (TPSA) is 20.7 Å². The molecule has 2 nitrogen and oxygen atoms in total. The molecule has 0 aliphatic heterocycles. The first-order valence-corrected chi connectivity index (χ1v) is 5.83. The smallest absolute Gasteiger partial charge is 0.122 e. The minimum absolute atomic E-state index is 0.683. The SMILES string of the molecule is CCCCn1[nH]c(CC(C)C)cc1=S. The van der Waals surface area contributed by atoms with Gasteiger partial charge in [-0.2, -0.15) is 0 Å². The molecule has 0 saturated heterocycles. The Labute approximate surface area is 91.3 Å². The zero-order valence-corrected chi connectivity index (χ0v) is 10.2. The summed E-state index contributed by atoms with van der Waals surface area (Å²) in [6, 6.07) is 2.09. The molecule has 0 atom stereocenters. The third kappa shape index (κ3) is 3.29. The number of H-pyrrole nitrogens is 1. The van der Waals surface area contributed by atoms with Crippen molar-refractivity contribution < 1.29 is 0 Å². The Kier molecular flexibility index (Phi) is 4.39. The van der Waals surface area contributed by atoms with E-state index in [-0.39, 0.29) is 0 Å². The Morgan fingerprint density at radius 3 is 2.79 bits per heavy atom. The van der Waals surface area contributed by atoms with Crippen molar-refractivity contribution in [2.75, 3.05) is 0 Å². The number of aromatic amines is 1. The van der Waals surface area contributed by atoms with Crippen molar-refractivity contribution in [2.24, 2.45) is 5.92 Å². The molecule has 0 saturated carbocycles. The van der Waals surface area contributed by atoms with Crippen molar-refractivity contribution in [1.82, 2.24) is 9.78 Å². The second-order valence-corrected chi connectivity index (χ2v) is 4.64. The molecule has 0 aliphatic carbocycles. The zero-order valence-electron chi connectivity index (χ0n) is 9.34. The van der Waals surface area contributed by atoms with Crippen LogP contribution in [0.4, 0.5) is 0 Å². The van der Waals surface area contributed by atoms with E-state index in [4.69, 9.17) is 12.2 Å². The third-order valence-corrected chi connectivity index (χ3v) is 2.54. The maximum absolute atomic E-state index is 5.27. The number of nitrogens with zero attached hydrogens (tertiary/aromatic N) is 1. The molecule has 0 unspecified atom stereocenters. The van der Waals surface area contributed by atoms with Crippen molar-refractivity contribution in [3.8, 4) is 0 Å². The summed E-state index contributed by atoms with van der Waals surface area (Å²) in [7, 11) is 0. The molecular formula is C11H20N2S. The molecule has 0 aliphatic rings. The van der Waals surface area contributed by atoms with Crippen molar-refractivity contribution in [2.45, 2.75) is 46.6 Å². The molecule has 0 amide bonds. The minimum atomic E-state index is 0.683. The van der Waals surface area contributed by atoms with Gasteiger partial charge in [-0.25, -0.2) is 0 Å². The fraction of sp³-hybridized carbons (Fsp3) is 0.727. The predicted molar refractivity (Wildman–Crippen MR) is 63.1 cm³/mol. The number of hydrogen-bond acceptors (Lipinski definition) is 1. The number of hydrogen-bond donors (Lipinski definition) is 1. The Morgan fingerprint density at radius 1 is 1.50 bits per heavy atom. The number of unbranched alkanes of at least 4 members (excludes halogenated alkanes) is 1. The summed E-state index contributed by atoms with van der Waals surface area (Å²) < 4.78 is 3.02. The molecular weight excluding hydrogens is 192 g/mol. The summed E-state index contributed by atoms with van der Waals surface area (Å²) in [4.78, 5) is 0. The largest absolute Gasteiger partial charge is 0.302 e. The fourth-order valence-electron chi connectivity index (χ4n) is 1.51. The first kappa shape index (κ1) is 11.5. The summed E-state index contributed by atoms with van der Waals surface area (Å²) in [5.74, 6) is 0.683. The van der Waals surface area contributed by atoms with Crippen LogP contribution < -0.4 is 0 Å². The van der Waals surface area contributed by atoms with Crippen LogP contribution in [0.5, 0.6) is 0 Å². The van der Waals surface area contributed by atoms with Gasteiger partial charge in [0.05, 0.1) is 0 Å².